The van der Waals surface area contributed by atoms with Crippen molar-refractivity contribution in [3.63, 3.8) is 0 Å². The summed E-state index contributed by atoms with van der Waals surface area (Å²) in [6, 6.07) is 5.94. The first-order chi connectivity index (χ1) is 8.63. The van der Waals surface area contributed by atoms with Crippen molar-refractivity contribution < 1.29 is 9.90 Å². The number of rotatable bonds is 2. The van der Waals surface area contributed by atoms with Gasteiger partial charge in [0, 0.05) is 21.6 Å². The molecule has 0 unspecified atom stereocenters. The van der Waals surface area contributed by atoms with Gasteiger partial charge in [-0.1, -0.05) is 25.0 Å². The Labute approximate surface area is 113 Å². The standard InChI is InChI=1S/C14H14BrNO2/c15-11-8-16-12-7-9(3-4-10(11)12)14(13(17)18)5-1-2-6-14/h3-4,7-8,16H,1-2,5-6H2,(H,17,18). The molecule has 1 aromatic carbocycles. The number of carbonyl (C=O) groups is 1. The number of halogens is 1. The third-order valence-corrected chi connectivity index (χ3v) is 4.71. The summed E-state index contributed by atoms with van der Waals surface area (Å²) < 4.78 is 1.01. The lowest BCUT2D eigenvalue weighted by Gasteiger charge is -2.24. The molecule has 0 atom stereocenters. The Balaban J connectivity index is 2.15. The van der Waals surface area contributed by atoms with Crippen LogP contribution in [0, 0.1) is 0 Å². The highest BCUT2D eigenvalue weighted by atomic mass is 79.9. The number of aromatic nitrogens is 1. The number of H-pyrrole nitrogens is 1. The molecule has 3 nitrogen and oxygen atoms in total. The first kappa shape index (κ1) is 11.8. The van der Waals surface area contributed by atoms with Gasteiger partial charge < -0.3 is 10.1 Å². The molecule has 0 amide bonds. The van der Waals surface area contributed by atoms with Crippen LogP contribution in [-0.2, 0) is 10.2 Å². The number of hydrogen-bond donors (Lipinski definition) is 2. The zero-order chi connectivity index (χ0) is 12.8. The Morgan fingerprint density at radius 3 is 2.72 bits per heavy atom. The highest BCUT2D eigenvalue weighted by molar-refractivity contribution is 9.10. The summed E-state index contributed by atoms with van der Waals surface area (Å²) in [5.74, 6) is -0.690. The number of carboxylic acid groups (broad SMARTS) is 1. The van der Waals surface area contributed by atoms with E-state index < -0.39 is 11.4 Å². The van der Waals surface area contributed by atoms with Gasteiger partial charge in [-0.25, -0.2) is 0 Å². The van der Waals surface area contributed by atoms with E-state index in [1.54, 1.807) is 0 Å². The van der Waals surface area contributed by atoms with Gasteiger partial charge >= 0.3 is 5.97 Å². The van der Waals surface area contributed by atoms with Crippen LogP contribution < -0.4 is 0 Å². The average molecular weight is 308 g/mol. The van der Waals surface area contributed by atoms with E-state index in [4.69, 9.17) is 0 Å². The molecule has 1 saturated carbocycles. The maximum Gasteiger partial charge on any atom is 0.314 e. The molecule has 0 radical (unpaired) electrons. The summed E-state index contributed by atoms with van der Waals surface area (Å²) in [5, 5.41) is 10.7. The van der Waals surface area contributed by atoms with E-state index in [1.807, 2.05) is 24.4 Å². The second-order valence-electron chi connectivity index (χ2n) is 4.99. The molecular formula is C14H14BrNO2. The number of aliphatic carboxylic acids is 1. The third-order valence-electron chi connectivity index (χ3n) is 4.05. The summed E-state index contributed by atoms with van der Waals surface area (Å²) in [6.07, 6.45) is 5.37. The molecule has 0 bridgehead atoms. The molecule has 1 heterocycles. The molecule has 0 saturated heterocycles. The summed E-state index contributed by atoms with van der Waals surface area (Å²) in [5.41, 5.74) is 1.24. The van der Waals surface area contributed by atoms with Gasteiger partial charge in [-0.3, -0.25) is 4.79 Å². The minimum atomic E-state index is -0.690. The summed E-state index contributed by atoms with van der Waals surface area (Å²) in [7, 11) is 0. The molecule has 18 heavy (non-hydrogen) atoms. The predicted molar refractivity (Wildman–Crippen MR) is 73.8 cm³/mol. The Hall–Kier alpha value is -1.29. The molecule has 1 aliphatic carbocycles. The molecule has 2 aromatic rings. The van der Waals surface area contributed by atoms with Crippen molar-refractivity contribution in [1.29, 1.82) is 0 Å². The topological polar surface area (TPSA) is 53.1 Å². The van der Waals surface area contributed by atoms with Crippen LogP contribution in [0.15, 0.2) is 28.9 Å². The van der Waals surface area contributed by atoms with E-state index >= 15 is 0 Å². The molecule has 1 aliphatic rings. The Morgan fingerprint density at radius 1 is 1.33 bits per heavy atom. The van der Waals surface area contributed by atoms with Gasteiger partial charge in [-0.15, -0.1) is 0 Å². The zero-order valence-corrected chi connectivity index (χ0v) is 11.5. The first-order valence-electron chi connectivity index (χ1n) is 6.14. The fourth-order valence-corrected chi connectivity index (χ4v) is 3.45. The van der Waals surface area contributed by atoms with Crippen molar-refractivity contribution in [2.45, 2.75) is 31.1 Å². The van der Waals surface area contributed by atoms with Gasteiger partial charge in [0.2, 0.25) is 0 Å². The highest BCUT2D eigenvalue weighted by Gasteiger charge is 2.42. The first-order valence-corrected chi connectivity index (χ1v) is 6.93. The minimum Gasteiger partial charge on any atom is -0.481 e. The molecule has 2 N–H and O–H groups in total. The van der Waals surface area contributed by atoms with Crippen molar-refractivity contribution in [1.82, 2.24) is 4.98 Å². The SMILES string of the molecule is O=C(O)C1(c2ccc3c(Br)c[nH]c3c2)CCCC1. The smallest absolute Gasteiger partial charge is 0.314 e. The van der Waals surface area contributed by atoms with E-state index in [0.29, 0.717) is 0 Å². The van der Waals surface area contributed by atoms with Crippen molar-refractivity contribution in [2.75, 3.05) is 0 Å². The zero-order valence-electron chi connectivity index (χ0n) is 9.87. The highest BCUT2D eigenvalue weighted by Crippen LogP contribution is 2.42. The average Bonchev–Trinajstić information content (AvgIpc) is 2.97. The third kappa shape index (κ3) is 1.59. The van der Waals surface area contributed by atoms with Gasteiger partial charge in [-0.2, -0.15) is 0 Å². The van der Waals surface area contributed by atoms with Gasteiger partial charge in [0.1, 0.15) is 0 Å². The monoisotopic (exact) mass is 307 g/mol. The number of aromatic amines is 1. The van der Waals surface area contributed by atoms with E-state index in [2.05, 4.69) is 20.9 Å². The largest absolute Gasteiger partial charge is 0.481 e. The number of benzene rings is 1. The lowest BCUT2D eigenvalue weighted by molar-refractivity contribution is -0.143. The van der Waals surface area contributed by atoms with Crippen LogP contribution in [0.5, 0.6) is 0 Å². The summed E-state index contributed by atoms with van der Waals surface area (Å²) in [4.78, 5) is 14.8. The van der Waals surface area contributed by atoms with Crippen LogP contribution in [0.1, 0.15) is 31.2 Å². The second-order valence-corrected chi connectivity index (χ2v) is 5.85. The lowest BCUT2D eigenvalue weighted by atomic mass is 9.79. The lowest BCUT2D eigenvalue weighted by Crippen LogP contribution is -2.32. The number of hydrogen-bond acceptors (Lipinski definition) is 1. The molecular weight excluding hydrogens is 294 g/mol. The van der Waals surface area contributed by atoms with Crippen LogP contribution in [-0.4, -0.2) is 16.1 Å². The van der Waals surface area contributed by atoms with Gasteiger partial charge in [0.05, 0.1) is 5.41 Å². The van der Waals surface area contributed by atoms with Crippen LogP contribution in [0.2, 0.25) is 0 Å². The normalized spacial score (nSPS) is 18.3. The molecule has 1 aromatic heterocycles. The van der Waals surface area contributed by atoms with Gasteiger partial charge in [-0.05, 0) is 40.4 Å². The number of fused-ring (bicyclic) bond motifs is 1. The fourth-order valence-electron chi connectivity index (χ4n) is 2.99. The van der Waals surface area contributed by atoms with Crippen molar-refractivity contribution in [2.24, 2.45) is 0 Å². The number of carboxylic acids is 1. The van der Waals surface area contributed by atoms with Crippen LogP contribution in [0.4, 0.5) is 0 Å². The molecule has 1 fully saturated rings. The molecule has 94 valence electrons. The van der Waals surface area contributed by atoms with Crippen molar-refractivity contribution in [3.05, 3.63) is 34.4 Å². The Morgan fingerprint density at radius 2 is 2.06 bits per heavy atom. The number of nitrogens with one attached hydrogen (secondary N) is 1. The Bertz CT molecular complexity index is 611. The van der Waals surface area contributed by atoms with Crippen molar-refractivity contribution >= 4 is 32.8 Å². The summed E-state index contributed by atoms with van der Waals surface area (Å²) >= 11 is 3.47. The molecule has 0 spiro atoms. The predicted octanol–water partition coefficient (Wildman–Crippen LogP) is 3.83. The summed E-state index contributed by atoms with van der Waals surface area (Å²) in [6.45, 7) is 0. The minimum absolute atomic E-state index is 0.675. The fraction of sp³-hybridized carbons (Fsp3) is 0.357. The van der Waals surface area contributed by atoms with Gasteiger partial charge in [0.15, 0.2) is 0 Å². The van der Waals surface area contributed by atoms with E-state index in [9.17, 15) is 9.90 Å². The van der Waals surface area contributed by atoms with Crippen LogP contribution in [0.25, 0.3) is 10.9 Å². The quantitative estimate of drug-likeness (QED) is 0.886. The molecule has 0 aliphatic heterocycles. The Kier molecular flexibility index (Phi) is 2.70. The van der Waals surface area contributed by atoms with Crippen LogP contribution >= 0.6 is 15.9 Å². The molecule has 3 rings (SSSR count). The second kappa shape index (κ2) is 4.12. The maximum absolute atomic E-state index is 11.6. The van der Waals surface area contributed by atoms with Gasteiger partial charge in [0.25, 0.3) is 0 Å². The van der Waals surface area contributed by atoms with E-state index in [0.717, 1.165) is 46.6 Å². The van der Waals surface area contributed by atoms with E-state index in [1.165, 1.54) is 0 Å². The van der Waals surface area contributed by atoms with E-state index in [-0.39, 0.29) is 0 Å². The molecule has 4 heteroatoms. The maximum atomic E-state index is 11.6. The van der Waals surface area contributed by atoms with Crippen molar-refractivity contribution in [3.8, 4) is 0 Å². The van der Waals surface area contributed by atoms with Crippen LogP contribution in [0.3, 0.4) is 0 Å².